The molecule has 0 bridgehead atoms. The number of benzene rings is 4. The van der Waals surface area contributed by atoms with Crippen LogP contribution in [0.1, 0.15) is 96.1 Å². The molecule has 0 N–H and O–H groups in total. The van der Waals surface area contributed by atoms with Gasteiger partial charge in [0.25, 0.3) is 0 Å². The van der Waals surface area contributed by atoms with Crippen LogP contribution in [0.3, 0.4) is 0 Å². The molecule has 0 spiro atoms. The van der Waals surface area contributed by atoms with Gasteiger partial charge in [-0.2, -0.15) is 0 Å². The van der Waals surface area contributed by atoms with Gasteiger partial charge < -0.3 is 24.8 Å². The molecule has 0 heterocycles. The Kier molecular flexibility index (Phi) is 9.58. The second-order valence-electron chi connectivity index (χ2n) is 15.2. The standard InChI is InChI=1S/C25H25.C15H14.C5H5.2ClH.Zr/c1-14-12-24(3,4)22-8-16-7-17-9-23-19(15(2)13-25(23,5)6)11-21(17)20(16)10-18(14)22;1-3-8-14(9-4-1)12-7-13-15-10-5-2-6-11-15;1-2-4-5-3-1;;;/h7-13H,1-6H3;1-6,8-11H,12-13H2;1-3H,4H2;2*1H;/q;;;;;+2/p-2. The first kappa shape index (κ1) is 35.0. The van der Waals surface area contributed by atoms with Gasteiger partial charge in [0.1, 0.15) is 0 Å². The van der Waals surface area contributed by atoms with Crippen LogP contribution >= 0.6 is 0 Å². The summed E-state index contributed by atoms with van der Waals surface area (Å²) in [6, 6.07) is 33.1. The average Bonchev–Trinajstić information content (AvgIpc) is 3.77. The minimum Gasteiger partial charge on any atom is -1.00 e. The molecule has 0 aromatic heterocycles. The van der Waals surface area contributed by atoms with Gasteiger partial charge in [-0.25, -0.2) is 0 Å². The van der Waals surface area contributed by atoms with Crippen LogP contribution in [0.5, 0.6) is 0 Å². The van der Waals surface area contributed by atoms with Gasteiger partial charge >= 0.3 is 285 Å². The SMILES string of the molecule is CC1=CC(C)(C)c2cc3c(cc21)-c1cc2c(cc1[CH]3[Zr+2]([C]1=CC=CC1)=[C](Cc1ccccc1)Cc1ccccc1)C(C)(C)C=C2C.[Cl-].[Cl-]. The summed E-state index contributed by atoms with van der Waals surface area (Å²) in [5.41, 5.74) is 18.0. The fourth-order valence-electron chi connectivity index (χ4n) is 8.97. The second kappa shape index (κ2) is 13.1. The van der Waals surface area contributed by atoms with Gasteiger partial charge in [-0.05, 0) is 0 Å². The topological polar surface area (TPSA) is 0 Å². The molecule has 4 aliphatic carbocycles. The van der Waals surface area contributed by atoms with Crippen molar-refractivity contribution in [2.24, 2.45) is 0 Å². The van der Waals surface area contributed by atoms with E-state index in [1.54, 1.807) is 14.4 Å². The van der Waals surface area contributed by atoms with E-state index < -0.39 is 21.3 Å². The molecule has 0 fully saturated rings. The predicted molar refractivity (Wildman–Crippen MR) is 194 cm³/mol. The van der Waals surface area contributed by atoms with E-state index in [-0.39, 0.29) is 35.6 Å². The minimum atomic E-state index is -2.61. The quantitative estimate of drug-likeness (QED) is 0.253. The van der Waals surface area contributed by atoms with E-state index in [0.29, 0.717) is 3.63 Å². The maximum Gasteiger partial charge on any atom is -1.00 e. The third kappa shape index (κ3) is 5.89. The van der Waals surface area contributed by atoms with Crippen LogP contribution in [0.4, 0.5) is 0 Å². The molecule has 4 aliphatic rings. The molecule has 0 nitrogen and oxygen atoms in total. The number of allylic oxidation sites excluding steroid dienone is 8. The minimum absolute atomic E-state index is 0. The van der Waals surface area contributed by atoms with Crippen LogP contribution in [-0.2, 0) is 44.9 Å². The van der Waals surface area contributed by atoms with E-state index in [1.807, 2.05) is 3.21 Å². The molecular weight excluding hydrogens is 703 g/mol. The fraction of sp³-hybridized carbons (Fsp3) is 0.267. The van der Waals surface area contributed by atoms with Crippen LogP contribution in [0.2, 0.25) is 0 Å². The fourth-order valence-corrected chi connectivity index (χ4v) is 18.2. The molecule has 0 unspecified atom stereocenters. The van der Waals surface area contributed by atoms with Crippen LogP contribution in [0.25, 0.3) is 22.3 Å². The van der Waals surface area contributed by atoms with Gasteiger partial charge in [0.2, 0.25) is 0 Å². The van der Waals surface area contributed by atoms with E-state index in [0.717, 1.165) is 19.3 Å². The van der Waals surface area contributed by atoms with Gasteiger partial charge in [-0.1, -0.05) is 0 Å². The second-order valence-corrected chi connectivity index (χ2v) is 21.9. The molecule has 4 aromatic rings. The van der Waals surface area contributed by atoms with Crippen molar-refractivity contribution in [3.63, 3.8) is 0 Å². The maximum atomic E-state index is 2.67. The van der Waals surface area contributed by atoms with Crippen molar-refractivity contribution in [3.8, 4) is 11.1 Å². The average molecular weight is 747 g/mol. The molecule has 48 heavy (non-hydrogen) atoms. The van der Waals surface area contributed by atoms with Crippen molar-refractivity contribution in [1.29, 1.82) is 0 Å². The van der Waals surface area contributed by atoms with Crippen molar-refractivity contribution in [3.05, 3.63) is 163 Å². The first-order chi connectivity index (χ1) is 22.1. The largest absolute Gasteiger partial charge is 1.00 e. The number of fused-ring (bicyclic) bond motifs is 5. The molecule has 3 heteroatoms. The van der Waals surface area contributed by atoms with Crippen molar-refractivity contribution in [2.45, 2.75) is 75.3 Å². The number of hydrogen-bond donors (Lipinski definition) is 0. The van der Waals surface area contributed by atoms with E-state index in [1.165, 1.54) is 55.7 Å². The van der Waals surface area contributed by atoms with Gasteiger partial charge in [0.05, 0.1) is 0 Å². The van der Waals surface area contributed by atoms with E-state index in [4.69, 9.17) is 0 Å². The van der Waals surface area contributed by atoms with Gasteiger partial charge in [0, 0.05) is 0 Å². The van der Waals surface area contributed by atoms with Crippen LogP contribution < -0.4 is 24.8 Å². The summed E-state index contributed by atoms with van der Waals surface area (Å²) in [5, 5.41) is 0. The van der Waals surface area contributed by atoms with Crippen LogP contribution in [-0.4, -0.2) is 3.21 Å². The summed E-state index contributed by atoms with van der Waals surface area (Å²) in [5.74, 6) is 0. The summed E-state index contributed by atoms with van der Waals surface area (Å²) in [7, 11) is 0. The zero-order valence-electron chi connectivity index (χ0n) is 28.9. The Morgan fingerprint density at radius 3 is 1.52 bits per heavy atom. The number of rotatable bonds is 6. The molecule has 0 saturated carbocycles. The van der Waals surface area contributed by atoms with Crippen molar-refractivity contribution < 1.29 is 46.1 Å². The molecule has 0 saturated heterocycles. The van der Waals surface area contributed by atoms with Crippen LogP contribution in [0.15, 0.2) is 119 Å². The predicted octanol–water partition coefficient (Wildman–Crippen LogP) is 5.27. The molecule has 0 aliphatic heterocycles. The molecule has 0 radical (unpaired) electrons. The molecule has 4 aromatic carbocycles. The van der Waals surface area contributed by atoms with E-state index in [9.17, 15) is 0 Å². The van der Waals surface area contributed by atoms with Gasteiger partial charge in [0.15, 0.2) is 0 Å². The normalized spacial score (nSPS) is 17.1. The Morgan fingerprint density at radius 2 is 1.10 bits per heavy atom. The Bertz CT molecular complexity index is 1940. The maximum absolute atomic E-state index is 2.67. The Balaban J connectivity index is 0.00000201. The molecule has 0 atom stereocenters. The number of halogens is 2. The van der Waals surface area contributed by atoms with E-state index in [2.05, 4.69) is 157 Å². The Morgan fingerprint density at radius 1 is 0.646 bits per heavy atom. The summed E-state index contributed by atoms with van der Waals surface area (Å²) in [6.07, 6.45) is 15.5. The first-order valence-electron chi connectivity index (χ1n) is 17.0. The monoisotopic (exact) mass is 744 g/mol. The zero-order chi connectivity index (χ0) is 31.8. The summed E-state index contributed by atoms with van der Waals surface area (Å²) in [6.45, 7) is 14.2. The Labute approximate surface area is 307 Å². The Hall–Kier alpha value is -2.83. The summed E-state index contributed by atoms with van der Waals surface area (Å²) < 4.78 is 4.02. The van der Waals surface area contributed by atoms with Crippen molar-refractivity contribution >= 4 is 14.4 Å². The first-order valence-corrected chi connectivity index (χ1v) is 20.9. The van der Waals surface area contributed by atoms with Crippen molar-refractivity contribution in [1.82, 2.24) is 0 Å². The molecular formula is C45H44Cl2Zr. The number of hydrogen-bond acceptors (Lipinski definition) is 0. The molecule has 242 valence electrons. The van der Waals surface area contributed by atoms with Gasteiger partial charge in [-0.3, -0.25) is 0 Å². The third-order valence-corrected chi connectivity index (χ3v) is 19.3. The summed E-state index contributed by atoms with van der Waals surface area (Å²) >= 11 is -2.61. The smallest absolute Gasteiger partial charge is 1.00 e. The third-order valence-electron chi connectivity index (χ3n) is 11.0. The van der Waals surface area contributed by atoms with Crippen molar-refractivity contribution in [2.75, 3.05) is 0 Å². The molecule has 0 amide bonds. The zero-order valence-corrected chi connectivity index (χ0v) is 32.9. The summed E-state index contributed by atoms with van der Waals surface area (Å²) in [4.78, 5) is 0. The van der Waals surface area contributed by atoms with Gasteiger partial charge in [-0.15, -0.1) is 0 Å². The molecule has 8 rings (SSSR count). The van der Waals surface area contributed by atoms with Crippen LogP contribution in [0, 0.1) is 0 Å². The van der Waals surface area contributed by atoms with E-state index >= 15 is 0 Å².